The maximum atomic E-state index is 12.3. The minimum Gasteiger partial charge on any atom is -0.507 e. The van der Waals surface area contributed by atoms with E-state index in [1.807, 2.05) is 35.8 Å². The van der Waals surface area contributed by atoms with Crippen LogP contribution in [0.3, 0.4) is 0 Å². The topological polar surface area (TPSA) is 68.2 Å². The highest BCUT2D eigenvalue weighted by Crippen LogP contribution is 2.28. The van der Waals surface area contributed by atoms with E-state index in [4.69, 9.17) is 0 Å². The molecule has 6 heteroatoms. The normalized spacial score (nSPS) is 19.0. The van der Waals surface area contributed by atoms with Gasteiger partial charge in [-0.05, 0) is 43.4 Å². The van der Waals surface area contributed by atoms with Crippen molar-refractivity contribution in [3.8, 4) is 5.75 Å². The molecule has 1 aliphatic heterocycles. The quantitative estimate of drug-likeness (QED) is 0.649. The van der Waals surface area contributed by atoms with E-state index in [1.165, 1.54) is 0 Å². The van der Waals surface area contributed by atoms with Gasteiger partial charge in [0.05, 0.1) is 6.54 Å². The van der Waals surface area contributed by atoms with Crippen LogP contribution in [0.5, 0.6) is 5.75 Å². The van der Waals surface area contributed by atoms with Crippen molar-refractivity contribution in [1.29, 1.82) is 0 Å². The zero-order valence-corrected chi connectivity index (χ0v) is 14.7. The van der Waals surface area contributed by atoms with Crippen LogP contribution in [0.1, 0.15) is 29.5 Å². The fraction of sp³-hybridized carbons (Fsp3) is 0.556. The molecule has 6 nitrogen and oxygen atoms in total. The SMILES string of the molecule is CN=C(NCc1cc(C)c(O)c(C)c1)N1CCN(C2CC2)C(=O)C1. The Kier molecular flexibility index (Phi) is 4.64. The van der Waals surface area contributed by atoms with Gasteiger partial charge in [-0.25, -0.2) is 0 Å². The molecule has 2 N–H and O–H groups in total. The van der Waals surface area contributed by atoms with Crippen molar-refractivity contribution in [2.45, 2.75) is 39.3 Å². The number of phenolic OH excluding ortho intramolecular Hbond substituents is 1. The van der Waals surface area contributed by atoms with E-state index in [0.717, 1.165) is 48.6 Å². The smallest absolute Gasteiger partial charge is 0.242 e. The number of nitrogens with zero attached hydrogens (tertiary/aromatic N) is 3. The molecule has 0 radical (unpaired) electrons. The molecular weight excluding hydrogens is 304 g/mol. The van der Waals surface area contributed by atoms with Crippen molar-refractivity contribution in [2.24, 2.45) is 4.99 Å². The number of nitrogens with one attached hydrogen (secondary N) is 1. The third kappa shape index (κ3) is 3.47. The minimum absolute atomic E-state index is 0.197. The van der Waals surface area contributed by atoms with Gasteiger partial charge >= 0.3 is 0 Å². The lowest BCUT2D eigenvalue weighted by Gasteiger charge is -2.36. The van der Waals surface area contributed by atoms with E-state index < -0.39 is 0 Å². The van der Waals surface area contributed by atoms with Crippen LogP contribution in [0.2, 0.25) is 0 Å². The van der Waals surface area contributed by atoms with Crippen LogP contribution in [-0.2, 0) is 11.3 Å². The summed E-state index contributed by atoms with van der Waals surface area (Å²) in [5.41, 5.74) is 2.83. The first-order valence-electron chi connectivity index (χ1n) is 8.53. The molecule has 1 heterocycles. The highest BCUT2D eigenvalue weighted by atomic mass is 16.3. The van der Waals surface area contributed by atoms with Gasteiger partial charge in [-0.1, -0.05) is 12.1 Å². The molecule has 24 heavy (non-hydrogen) atoms. The number of amides is 1. The maximum Gasteiger partial charge on any atom is 0.242 e. The third-order valence-corrected chi connectivity index (χ3v) is 4.76. The Labute approximate surface area is 143 Å². The van der Waals surface area contributed by atoms with Gasteiger partial charge in [0, 0.05) is 32.7 Å². The number of aliphatic imine (C=N–C) groups is 1. The summed E-state index contributed by atoms with van der Waals surface area (Å²) in [5, 5.41) is 13.2. The Morgan fingerprint density at radius 1 is 1.29 bits per heavy atom. The van der Waals surface area contributed by atoms with Gasteiger partial charge in [0.2, 0.25) is 5.91 Å². The number of piperazine rings is 1. The first kappa shape index (κ1) is 16.6. The molecule has 1 aromatic carbocycles. The molecule has 2 fully saturated rings. The molecule has 0 unspecified atom stereocenters. The number of carbonyl (C=O) groups is 1. The van der Waals surface area contributed by atoms with E-state index in [-0.39, 0.29) is 5.91 Å². The van der Waals surface area contributed by atoms with Crippen LogP contribution >= 0.6 is 0 Å². The lowest BCUT2D eigenvalue weighted by atomic mass is 10.1. The summed E-state index contributed by atoms with van der Waals surface area (Å²) >= 11 is 0. The fourth-order valence-corrected chi connectivity index (χ4v) is 3.30. The number of benzene rings is 1. The zero-order chi connectivity index (χ0) is 17.3. The molecule has 0 spiro atoms. The van der Waals surface area contributed by atoms with Crippen molar-refractivity contribution < 1.29 is 9.90 Å². The Morgan fingerprint density at radius 3 is 2.50 bits per heavy atom. The van der Waals surface area contributed by atoms with E-state index in [0.29, 0.717) is 24.9 Å². The van der Waals surface area contributed by atoms with Gasteiger partial charge in [-0.2, -0.15) is 0 Å². The van der Waals surface area contributed by atoms with Gasteiger partial charge < -0.3 is 20.2 Å². The average Bonchev–Trinajstić information content (AvgIpc) is 3.38. The number of hydrogen-bond donors (Lipinski definition) is 2. The zero-order valence-electron chi connectivity index (χ0n) is 14.7. The molecule has 1 aromatic rings. The van der Waals surface area contributed by atoms with E-state index in [1.54, 1.807) is 7.05 Å². The van der Waals surface area contributed by atoms with Crippen LogP contribution in [0, 0.1) is 13.8 Å². The minimum atomic E-state index is 0.197. The van der Waals surface area contributed by atoms with Crippen molar-refractivity contribution in [1.82, 2.24) is 15.1 Å². The van der Waals surface area contributed by atoms with Crippen LogP contribution < -0.4 is 5.32 Å². The highest BCUT2D eigenvalue weighted by molar-refractivity contribution is 5.88. The van der Waals surface area contributed by atoms with Gasteiger partial charge in [-0.15, -0.1) is 0 Å². The Bertz CT molecular complexity index is 644. The number of carbonyl (C=O) groups excluding carboxylic acids is 1. The molecule has 0 aromatic heterocycles. The summed E-state index contributed by atoms with van der Waals surface area (Å²) in [6, 6.07) is 4.43. The number of phenols is 1. The number of rotatable bonds is 3. The van der Waals surface area contributed by atoms with Gasteiger partial charge in [0.15, 0.2) is 5.96 Å². The highest BCUT2D eigenvalue weighted by Gasteiger charge is 2.36. The molecule has 130 valence electrons. The summed E-state index contributed by atoms with van der Waals surface area (Å²) < 4.78 is 0. The molecule has 0 atom stereocenters. The summed E-state index contributed by atoms with van der Waals surface area (Å²) in [6.45, 7) is 6.40. The van der Waals surface area contributed by atoms with Crippen LogP contribution in [-0.4, -0.2) is 59.5 Å². The fourth-order valence-electron chi connectivity index (χ4n) is 3.30. The molecular formula is C18H26N4O2. The first-order valence-corrected chi connectivity index (χ1v) is 8.53. The number of hydrogen-bond acceptors (Lipinski definition) is 3. The second-order valence-corrected chi connectivity index (χ2v) is 6.72. The largest absolute Gasteiger partial charge is 0.507 e. The van der Waals surface area contributed by atoms with Crippen molar-refractivity contribution in [3.05, 3.63) is 28.8 Å². The van der Waals surface area contributed by atoms with Gasteiger partial charge in [0.25, 0.3) is 0 Å². The molecule has 1 aliphatic carbocycles. The second kappa shape index (κ2) is 6.71. The monoisotopic (exact) mass is 330 g/mol. The van der Waals surface area contributed by atoms with Crippen LogP contribution in [0.4, 0.5) is 0 Å². The predicted octanol–water partition coefficient (Wildman–Crippen LogP) is 1.39. The predicted molar refractivity (Wildman–Crippen MR) is 94.1 cm³/mol. The Hall–Kier alpha value is -2.24. The van der Waals surface area contributed by atoms with Crippen LogP contribution in [0.15, 0.2) is 17.1 Å². The van der Waals surface area contributed by atoms with Gasteiger partial charge in [0.1, 0.15) is 5.75 Å². The van der Waals surface area contributed by atoms with Crippen LogP contribution in [0.25, 0.3) is 0 Å². The summed E-state index contributed by atoms with van der Waals surface area (Å²) in [5.74, 6) is 1.30. The molecule has 3 rings (SSSR count). The van der Waals surface area contributed by atoms with Crippen molar-refractivity contribution in [3.63, 3.8) is 0 Å². The van der Waals surface area contributed by atoms with Crippen molar-refractivity contribution >= 4 is 11.9 Å². The number of guanidine groups is 1. The third-order valence-electron chi connectivity index (χ3n) is 4.76. The molecule has 1 amide bonds. The lowest BCUT2D eigenvalue weighted by Crippen LogP contribution is -2.55. The van der Waals surface area contributed by atoms with Gasteiger partial charge in [-0.3, -0.25) is 9.79 Å². The summed E-state index contributed by atoms with van der Waals surface area (Å²) in [4.78, 5) is 20.6. The molecule has 1 saturated heterocycles. The summed E-state index contributed by atoms with van der Waals surface area (Å²) in [6.07, 6.45) is 2.30. The van der Waals surface area contributed by atoms with E-state index in [9.17, 15) is 9.90 Å². The average molecular weight is 330 g/mol. The second-order valence-electron chi connectivity index (χ2n) is 6.72. The van der Waals surface area contributed by atoms with Crippen molar-refractivity contribution in [2.75, 3.05) is 26.7 Å². The number of aryl methyl sites for hydroxylation is 2. The Morgan fingerprint density at radius 2 is 1.96 bits per heavy atom. The molecule has 2 aliphatic rings. The molecule has 0 bridgehead atoms. The number of aromatic hydroxyl groups is 1. The maximum absolute atomic E-state index is 12.3. The standard InChI is InChI=1S/C18H26N4O2/c1-12-8-14(9-13(2)17(12)24)10-20-18(19-3)21-6-7-22(15-4-5-15)16(23)11-21/h8-9,15,24H,4-7,10-11H2,1-3H3,(H,19,20). The Balaban J connectivity index is 1.60. The summed E-state index contributed by atoms with van der Waals surface area (Å²) in [7, 11) is 1.74. The van der Waals surface area contributed by atoms with E-state index in [2.05, 4.69) is 10.3 Å². The first-order chi connectivity index (χ1) is 11.5. The van der Waals surface area contributed by atoms with E-state index >= 15 is 0 Å². The molecule has 1 saturated carbocycles. The lowest BCUT2D eigenvalue weighted by molar-refractivity contribution is -0.135.